The molecule has 1 atom stereocenters. The smallest absolute Gasteiger partial charge is 0.115 e. The van der Waals surface area contributed by atoms with Crippen LogP contribution in [0.3, 0.4) is 0 Å². The quantitative estimate of drug-likeness (QED) is 0.535. The van der Waals surface area contributed by atoms with Gasteiger partial charge in [-0.05, 0) is 52.8 Å². The van der Waals surface area contributed by atoms with Crippen LogP contribution in [-0.2, 0) is 0 Å². The zero-order valence-electron chi connectivity index (χ0n) is 14.4. The van der Waals surface area contributed by atoms with Gasteiger partial charge >= 0.3 is 0 Å². The van der Waals surface area contributed by atoms with Gasteiger partial charge < -0.3 is 4.42 Å². The second-order valence-electron chi connectivity index (χ2n) is 6.87. The van der Waals surface area contributed by atoms with E-state index < -0.39 is 0 Å². The summed E-state index contributed by atoms with van der Waals surface area (Å²) < 4.78 is 5.86. The Labute approximate surface area is 143 Å². The average molecular weight is 314 g/mol. The molecule has 0 saturated heterocycles. The maximum absolute atomic E-state index is 5.86. The predicted octanol–water partition coefficient (Wildman–Crippen LogP) is 6.54. The number of hydrogen-bond acceptors (Lipinski definition) is 1. The number of benzene rings is 2. The first-order valence-electron chi connectivity index (χ1n) is 8.61. The highest BCUT2D eigenvalue weighted by Gasteiger charge is 2.23. The Hall–Kier alpha value is -2.54. The highest BCUT2D eigenvalue weighted by molar-refractivity contribution is 5.81. The molecule has 1 nitrogen and oxygen atoms in total. The number of rotatable bonds is 3. The second-order valence-corrected chi connectivity index (χ2v) is 6.87. The van der Waals surface area contributed by atoms with Gasteiger partial charge in [-0.3, -0.25) is 0 Å². The molecule has 1 aromatic heterocycles. The molecule has 1 heteroatoms. The molecule has 1 heterocycles. The van der Waals surface area contributed by atoms with E-state index in [2.05, 4.69) is 74.5 Å². The number of fused-ring (bicyclic) bond motifs is 1. The van der Waals surface area contributed by atoms with Crippen LogP contribution in [0.5, 0.6) is 0 Å². The van der Waals surface area contributed by atoms with Gasteiger partial charge in [0.15, 0.2) is 0 Å². The Balaban J connectivity index is 1.75. The zero-order chi connectivity index (χ0) is 16.7. The van der Waals surface area contributed by atoms with Crippen molar-refractivity contribution in [2.24, 2.45) is 0 Å². The molecule has 2 aromatic carbocycles. The summed E-state index contributed by atoms with van der Waals surface area (Å²) in [6.45, 7) is 6.46. The van der Waals surface area contributed by atoms with E-state index in [9.17, 15) is 0 Å². The summed E-state index contributed by atoms with van der Waals surface area (Å²) in [5.74, 6) is 2.78. The van der Waals surface area contributed by atoms with E-state index in [0.29, 0.717) is 5.92 Å². The van der Waals surface area contributed by atoms with Crippen LogP contribution >= 0.6 is 0 Å². The van der Waals surface area contributed by atoms with E-state index in [-0.39, 0.29) is 5.92 Å². The Morgan fingerprint density at radius 1 is 0.917 bits per heavy atom. The lowest BCUT2D eigenvalue weighted by Gasteiger charge is -2.13. The largest absolute Gasteiger partial charge is 0.465 e. The molecule has 0 fully saturated rings. The number of hydrogen-bond donors (Lipinski definition) is 0. The van der Waals surface area contributed by atoms with Crippen LogP contribution < -0.4 is 0 Å². The van der Waals surface area contributed by atoms with Gasteiger partial charge in [0.25, 0.3) is 0 Å². The molecular weight excluding hydrogens is 292 g/mol. The van der Waals surface area contributed by atoms with Crippen LogP contribution in [0.2, 0.25) is 0 Å². The Bertz CT molecular complexity index is 894. The van der Waals surface area contributed by atoms with Crippen molar-refractivity contribution in [3.8, 4) is 11.1 Å². The maximum Gasteiger partial charge on any atom is 0.115 e. The standard InChI is InChI=1S/C23H22O/c1-15(2)17-8-10-18(11-9-17)19-5-4-6-20-21(19)12-13-22(20)23-14-7-16(3)24-23/h4-15,22H,1-3H3. The minimum absolute atomic E-state index is 0.226. The predicted molar refractivity (Wildman–Crippen MR) is 100 cm³/mol. The molecule has 0 radical (unpaired) electrons. The zero-order valence-corrected chi connectivity index (χ0v) is 14.4. The first-order chi connectivity index (χ1) is 11.6. The van der Waals surface area contributed by atoms with Crippen molar-refractivity contribution in [3.05, 3.63) is 88.9 Å². The summed E-state index contributed by atoms with van der Waals surface area (Å²) in [6, 6.07) is 19.7. The molecule has 0 amide bonds. The first-order valence-corrected chi connectivity index (χ1v) is 8.61. The first kappa shape index (κ1) is 15.0. The summed E-state index contributed by atoms with van der Waals surface area (Å²) >= 11 is 0. The lowest BCUT2D eigenvalue weighted by atomic mass is 9.92. The van der Waals surface area contributed by atoms with Crippen molar-refractivity contribution in [1.29, 1.82) is 0 Å². The molecule has 0 spiro atoms. The van der Waals surface area contributed by atoms with Crippen molar-refractivity contribution in [3.63, 3.8) is 0 Å². The molecular formula is C23H22O. The van der Waals surface area contributed by atoms with Crippen molar-refractivity contribution in [1.82, 2.24) is 0 Å². The van der Waals surface area contributed by atoms with Gasteiger partial charge in [-0.2, -0.15) is 0 Å². The Morgan fingerprint density at radius 3 is 2.38 bits per heavy atom. The van der Waals surface area contributed by atoms with Crippen LogP contribution in [0.15, 0.2) is 65.1 Å². The molecule has 0 bridgehead atoms. The van der Waals surface area contributed by atoms with E-state index in [4.69, 9.17) is 4.42 Å². The van der Waals surface area contributed by atoms with Gasteiger partial charge in [0.05, 0.1) is 5.92 Å². The normalized spacial score (nSPS) is 15.9. The van der Waals surface area contributed by atoms with Gasteiger partial charge in [-0.1, -0.05) is 68.5 Å². The highest BCUT2D eigenvalue weighted by Crippen LogP contribution is 2.40. The monoisotopic (exact) mass is 314 g/mol. The lowest BCUT2D eigenvalue weighted by molar-refractivity contribution is 0.482. The van der Waals surface area contributed by atoms with E-state index in [0.717, 1.165) is 11.5 Å². The van der Waals surface area contributed by atoms with Gasteiger partial charge in [0.1, 0.15) is 11.5 Å². The third kappa shape index (κ3) is 2.50. The van der Waals surface area contributed by atoms with Crippen molar-refractivity contribution < 1.29 is 4.42 Å². The molecule has 0 aliphatic heterocycles. The van der Waals surface area contributed by atoms with Crippen LogP contribution in [0, 0.1) is 6.92 Å². The molecule has 120 valence electrons. The summed E-state index contributed by atoms with van der Waals surface area (Å²) in [5, 5.41) is 0. The van der Waals surface area contributed by atoms with Crippen molar-refractivity contribution in [2.45, 2.75) is 32.6 Å². The maximum atomic E-state index is 5.86. The van der Waals surface area contributed by atoms with E-state index >= 15 is 0 Å². The third-order valence-corrected chi connectivity index (χ3v) is 4.89. The summed E-state index contributed by atoms with van der Waals surface area (Å²) in [7, 11) is 0. The highest BCUT2D eigenvalue weighted by atomic mass is 16.3. The topological polar surface area (TPSA) is 13.1 Å². The summed E-state index contributed by atoms with van der Waals surface area (Å²) in [4.78, 5) is 0. The third-order valence-electron chi connectivity index (χ3n) is 4.89. The van der Waals surface area contributed by atoms with Crippen LogP contribution in [-0.4, -0.2) is 0 Å². The Kier molecular flexibility index (Phi) is 3.65. The molecule has 3 aromatic rings. The van der Waals surface area contributed by atoms with Gasteiger partial charge in [0, 0.05) is 0 Å². The number of aryl methyl sites for hydroxylation is 1. The second kappa shape index (κ2) is 5.83. The SMILES string of the molecule is Cc1ccc(C2C=Cc3c(-c4ccc(C(C)C)cc4)cccc32)o1. The minimum atomic E-state index is 0.226. The van der Waals surface area contributed by atoms with Crippen LogP contribution in [0.4, 0.5) is 0 Å². The fourth-order valence-corrected chi connectivity index (χ4v) is 3.50. The molecule has 1 aliphatic carbocycles. The Morgan fingerprint density at radius 2 is 1.71 bits per heavy atom. The summed E-state index contributed by atoms with van der Waals surface area (Å²) in [5.41, 5.74) is 6.59. The molecule has 0 N–H and O–H groups in total. The molecule has 0 saturated carbocycles. The molecule has 1 unspecified atom stereocenters. The van der Waals surface area contributed by atoms with Gasteiger partial charge in [-0.15, -0.1) is 0 Å². The average Bonchev–Trinajstić information content (AvgIpc) is 3.20. The van der Waals surface area contributed by atoms with Crippen LogP contribution in [0.1, 0.15) is 53.9 Å². The fraction of sp³-hybridized carbons (Fsp3) is 0.217. The number of furan rings is 1. The lowest BCUT2D eigenvalue weighted by Crippen LogP contribution is -1.95. The van der Waals surface area contributed by atoms with Gasteiger partial charge in [0.2, 0.25) is 0 Å². The van der Waals surface area contributed by atoms with E-state index in [1.54, 1.807) is 0 Å². The molecule has 4 rings (SSSR count). The van der Waals surface area contributed by atoms with Crippen LogP contribution in [0.25, 0.3) is 17.2 Å². The molecule has 24 heavy (non-hydrogen) atoms. The summed E-state index contributed by atoms with van der Waals surface area (Å²) in [6.07, 6.45) is 4.48. The minimum Gasteiger partial charge on any atom is -0.465 e. The van der Waals surface area contributed by atoms with Gasteiger partial charge in [-0.25, -0.2) is 0 Å². The van der Waals surface area contributed by atoms with Crippen molar-refractivity contribution >= 4 is 6.08 Å². The number of allylic oxidation sites excluding steroid dienone is 1. The fourth-order valence-electron chi connectivity index (χ4n) is 3.50. The molecule has 1 aliphatic rings. The van der Waals surface area contributed by atoms with E-state index in [1.165, 1.54) is 27.8 Å². The van der Waals surface area contributed by atoms with Crippen molar-refractivity contribution in [2.75, 3.05) is 0 Å². The van der Waals surface area contributed by atoms with E-state index in [1.807, 2.05) is 13.0 Å².